The van der Waals surface area contributed by atoms with Crippen LogP contribution in [0.15, 0.2) is 54.7 Å². The molecule has 1 aromatic carbocycles. The molecule has 2 amide bonds. The number of nitrogens with zero attached hydrogens (tertiary/aromatic N) is 1. The van der Waals surface area contributed by atoms with Gasteiger partial charge < -0.3 is 12.4 Å². The predicted octanol–water partition coefficient (Wildman–Crippen LogP) is -3.05. The number of hydrazine groups is 1. The largest absolute Gasteiger partial charge is 1.00 e. The molecular formula is C17H16ClN3O4. The molecule has 2 rings (SSSR count). The van der Waals surface area contributed by atoms with E-state index < -0.39 is 17.6 Å². The number of carbonyl (C=O) groups excluding carboxylic acids is 4. The molecule has 0 atom stereocenters. The van der Waals surface area contributed by atoms with Crippen LogP contribution in [0, 0.1) is 0 Å². The Kier molecular flexibility index (Phi) is 7.43. The van der Waals surface area contributed by atoms with Gasteiger partial charge in [-0.2, -0.15) is 4.57 Å². The molecular weight excluding hydrogens is 346 g/mol. The van der Waals surface area contributed by atoms with E-state index in [-0.39, 0.29) is 24.7 Å². The number of benzene rings is 1. The highest BCUT2D eigenvalue weighted by Crippen LogP contribution is 2.05. The molecule has 2 N–H and O–H groups in total. The van der Waals surface area contributed by atoms with E-state index in [1.54, 1.807) is 54.7 Å². The zero-order chi connectivity index (χ0) is 17.5. The fraction of sp³-hybridized carbons (Fsp3) is 0.118. The average Bonchev–Trinajstić information content (AvgIpc) is 2.60. The summed E-state index contributed by atoms with van der Waals surface area (Å²) in [4.78, 5) is 46.3. The highest BCUT2D eigenvalue weighted by Gasteiger charge is 2.22. The van der Waals surface area contributed by atoms with E-state index in [2.05, 4.69) is 5.43 Å². The van der Waals surface area contributed by atoms with Crippen molar-refractivity contribution in [1.82, 2.24) is 10.9 Å². The van der Waals surface area contributed by atoms with Crippen LogP contribution >= 0.6 is 0 Å². The van der Waals surface area contributed by atoms with Gasteiger partial charge in [0.25, 0.3) is 11.5 Å². The van der Waals surface area contributed by atoms with Gasteiger partial charge in [-0.15, -0.1) is 0 Å². The lowest BCUT2D eigenvalue weighted by Gasteiger charge is -2.05. The first-order valence-corrected chi connectivity index (χ1v) is 7.17. The molecule has 7 nitrogen and oxygen atoms in total. The van der Waals surface area contributed by atoms with E-state index in [4.69, 9.17) is 0 Å². The number of hydrogen-bond donors (Lipinski definition) is 2. The molecule has 0 saturated carbocycles. The molecule has 0 bridgehead atoms. The van der Waals surface area contributed by atoms with Crippen LogP contribution in [0.3, 0.4) is 0 Å². The third kappa shape index (κ3) is 5.50. The van der Waals surface area contributed by atoms with Crippen LogP contribution in [-0.2, 0) is 20.9 Å². The van der Waals surface area contributed by atoms with Crippen molar-refractivity contribution in [3.8, 4) is 0 Å². The normalized spacial score (nSPS) is 9.48. The van der Waals surface area contributed by atoms with E-state index >= 15 is 0 Å². The summed E-state index contributed by atoms with van der Waals surface area (Å²) < 4.78 is 1.46. The molecule has 0 aliphatic carbocycles. The molecule has 0 saturated heterocycles. The summed E-state index contributed by atoms with van der Waals surface area (Å²) >= 11 is 0. The monoisotopic (exact) mass is 361 g/mol. The van der Waals surface area contributed by atoms with Crippen LogP contribution in [0.4, 0.5) is 0 Å². The minimum atomic E-state index is -0.915. The van der Waals surface area contributed by atoms with Crippen LogP contribution in [-0.4, -0.2) is 23.4 Å². The Bertz CT molecular complexity index is 793. The fourth-order valence-corrected chi connectivity index (χ4v) is 1.97. The Hall–Kier alpha value is -3.06. The maximum Gasteiger partial charge on any atom is 0.305 e. The predicted molar refractivity (Wildman–Crippen MR) is 83.5 cm³/mol. The highest BCUT2D eigenvalue weighted by atomic mass is 35.5. The Morgan fingerprint density at radius 2 is 1.56 bits per heavy atom. The summed E-state index contributed by atoms with van der Waals surface area (Å²) in [5.74, 6) is -2.43. The van der Waals surface area contributed by atoms with Gasteiger partial charge in [0.05, 0.1) is 0 Å². The molecule has 0 aliphatic heterocycles. The molecule has 1 heterocycles. The van der Waals surface area contributed by atoms with Gasteiger partial charge in [0, 0.05) is 24.6 Å². The summed E-state index contributed by atoms with van der Waals surface area (Å²) in [6, 6.07) is 13.7. The van der Waals surface area contributed by atoms with Gasteiger partial charge >= 0.3 is 11.8 Å². The highest BCUT2D eigenvalue weighted by molar-refractivity contribution is 6.35. The Balaban J connectivity index is 0.00000312. The van der Waals surface area contributed by atoms with Gasteiger partial charge in [0.15, 0.2) is 6.20 Å². The lowest BCUT2D eigenvalue weighted by molar-refractivity contribution is -0.686. The number of pyridine rings is 1. The van der Waals surface area contributed by atoms with E-state index in [0.717, 1.165) is 6.92 Å². The van der Waals surface area contributed by atoms with Crippen LogP contribution < -0.4 is 27.8 Å². The smallest absolute Gasteiger partial charge is 0.305 e. The van der Waals surface area contributed by atoms with E-state index in [9.17, 15) is 19.2 Å². The zero-order valence-corrected chi connectivity index (χ0v) is 14.1. The Labute approximate surface area is 150 Å². The minimum absolute atomic E-state index is 0. The summed E-state index contributed by atoms with van der Waals surface area (Å²) in [5.41, 5.74) is 4.96. The molecule has 2 aromatic rings. The molecule has 0 unspecified atom stereocenters. The maximum atomic E-state index is 12.5. The lowest BCUT2D eigenvalue weighted by atomic mass is 10.1. The van der Waals surface area contributed by atoms with Crippen molar-refractivity contribution in [3.63, 3.8) is 0 Å². The summed E-state index contributed by atoms with van der Waals surface area (Å²) in [6.07, 6.45) is 1.59. The molecule has 8 heteroatoms. The molecule has 0 fully saturated rings. The third-order valence-electron chi connectivity index (χ3n) is 3.16. The number of aromatic nitrogens is 1. The first-order chi connectivity index (χ1) is 11.5. The quantitative estimate of drug-likeness (QED) is 0.256. The molecule has 130 valence electrons. The summed E-state index contributed by atoms with van der Waals surface area (Å²) in [5, 5.41) is 0. The van der Waals surface area contributed by atoms with Crippen molar-refractivity contribution < 1.29 is 36.2 Å². The number of hydrogen-bond acceptors (Lipinski definition) is 4. The molecule has 25 heavy (non-hydrogen) atoms. The zero-order valence-electron chi connectivity index (χ0n) is 13.4. The van der Waals surface area contributed by atoms with Crippen molar-refractivity contribution in [2.24, 2.45) is 0 Å². The standard InChI is InChI=1S/C17H15N3O4.ClH/c1-12(21)17(24)19-18-15(22)11-20-10-6-5-9-14(20)16(23)13-7-3-2-4-8-13;/h2-10,23H,11H2,1H3;1H. The third-order valence-corrected chi connectivity index (χ3v) is 3.16. The topological polar surface area (TPSA) is 96.2 Å². The van der Waals surface area contributed by atoms with Gasteiger partial charge in [-0.3, -0.25) is 30.0 Å². The second kappa shape index (κ2) is 9.29. The number of carbonyl (C=O) groups is 4. The van der Waals surface area contributed by atoms with Crippen LogP contribution in [0.2, 0.25) is 0 Å². The van der Waals surface area contributed by atoms with Crippen molar-refractivity contribution in [3.05, 3.63) is 66.0 Å². The number of rotatable bonds is 5. The van der Waals surface area contributed by atoms with Crippen molar-refractivity contribution in [2.75, 3.05) is 0 Å². The number of nitrogens with one attached hydrogen (secondary N) is 2. The van der Waals surface area contributed by atoms with Gasteiger partial charge in [0.2, 0.25) is 12.3 Å². The molecule has 1 aromatic heterocycles. The van der Waals surface area contributed by atoms with Crippen molar-refractivity contribution in [2.45, 2.75) is 13.5 Å². The van der Waals surface area contributed by atoms with Gasteiger partial charge in [-0.1, -0.05) is 30.3 Å². The molecule has 0 radical (unpaired) electrons. The second-order valence-electron chi connectivity index (χ2n) is 4.97. The van der Waals surface area contributed by atoms with Crippen molar-refractivity contribution in [1.29, 1.82) is 0 Å². The van der Waals surface area contributed by atoms with Gasteiger partial charge in [0.1, 0.15) is 0 Å². The van der Waals surface area contributed by atoms with Crippen LogP contribution in [0.25, 0.3) is 0 Å². The van der Waals surface area contributed by atoms with Crippen LogP contribution in [0.1, 0.15) is 23.0 Å². The lowest BCUT2D eigenvalue weighted by Crippen LogP contribution is -3.00. The number of amides is 2. The Morgan fingerprint density at radius 1 is 0.920 bits per heavy atom. The number of ketones is 2. The first kappa shape index (κ1) is 20.0. The SMILES string of the molecule is CC(=O)C(=O)NNC(=O)C[n+]1ccccc1C(=O)c1ccccc1.[Cl-]. The van der Waals surface area contributed by atoms with E-state index in [1.807, 2.05) is 5.43 Å². The minimum Gasteiger partial charge on any atom is -1.00 e. The van der Waals surface area contributed by atoms with E-state index in [1.165, 1.54) is 4.57 Å². The summed E-state index contributed by atoms with van der Waals surface area (Å²) in [6.45, 7) is 0.900. The van der Waals surface area contributed by atoms with Gasteiger partial charge in [-0.05, 0) is 6.07 Å². The van der Waals surface area contributed by atoms with Crippen molar-refractivity contribution >= 4 is 23.4 Å². The number of Topliss-reactive ketones (excluding diaryl/α,β-unsaturated/α-hetero) is 1. The summed E-state index contributed by atoms with van der Waals surface area (Å²) in [7, 11) is 0. The van der Waals surface area contributed by atoms with Crippen LogP contribution in [0.5, 0.6) is 0 Å². The number of halogens is 1. The first-order valence-electron chi connectivity index (χ1n) is 7.17. The molecule has 0 spiro atoms. The molecule has 0 aliphatic rings. The maximum absolute atomic E-state index is 12.5. The fourth-order valence-electron chi connectivity index (χ4n) is 1.97. The average molecular weight is 362 g/mol. The van der Waals surface area contributed by atoms with E-state index in [0.29, 0.717) is 11.3 Å². The Morgan fingerprint density at radius 3 is 2.20 bits per heavy atom. The van der Waals surface area contributed by atoms with Gasteiger partial charge in [-0.25, -0.2) is 0 Å². The second-order valence-corrected chi connectivity index (χ2v) is 4.97.